The fourth-order valence-corrected chi connectivity index (χ4v) is 2.05. The molecule has 8 nitrogen and oxygen atoms in total. The number of hydrogen-bond donors (Lipinski definition) is 3. The minimum absolute atomic E-state index is 0.283. The van der Waals surface area contributed by atoms with Gasteiger partial charge in [-0.2, -0.15) is 5.10 Å². The van der Waals surface area contributed by atoms with Crippen molar-refractivity contribution < 1.29 is 29.3 Å². The summed E-state index contributed by atoms with van der Waals surface area (Å²) in [6, 6.07) is 15.8. The third-order valence-corrected chi connectivity index (χ3v) is 3.48. The van der Waals surface area contributed by atoms with E-state index in [4.69, 9.17) is 14.9 Å². The summed E-state index contributed by atoms with van der Waals surface area (Å²) in [5.41, 5.74) is 2.83. The molecule has 3 N–H and O–H groups in total. The molecule has 0 heterocycles. The summed E-state index contributed by atoms with van der Waals surface area (Å²) >= 11 is 0. The number of nitrogens with one attached hydrogen (secondary N) is 1. The second-order valence-electron chi connectivity index (χ2n) is 5.50. The zero-order valence-electron chi connectivity index (χ0n) is 14.3. The highest BCUT2D eigenvalue weighted by atomic mass is 16.5. The molecule has 0 saturated carbocycles. The Morgan fingerprint density at radius 3 is 2.19 bits per heavy atom. The Balaban J connectivity index is 1.93. The number of ether oxygens (including phenoxy) is 1. The van der Waals surface area contributed by atoms with Gasteiger partial charge >= 0.3 is 11.9 Å². The molecule has 0 aromatic heterocycles. The second-order valence-corrected chi connectivity index (χ2v) is 5.50. The third kappa shape index (κ3) is 6.62. The fraction of sp³-hybridized carbons (Fsp3) is 0.158. The van der Waals surface area contributed by atoms with Gasteiger partial charge in [-0.1, -0.05) is 30.3 Å². The van der Waals surface area contributed by atoms with Crippen molar-refractivity contribution in [3.05, 3.63) is 65.7 Å². The van der Waals surface area contributed by atoms with Gasteiger partial charge in [0.05, 0.1) is 6.42 Å². The van der Waals surface area contributed by atoms with Gasteiger partial charge in [-0.25, -0.2) is 10.2 Å². The van der Waals surface area contributed by atoms with Crippen molar-refractivity contribution in [2.45, 2.75) is 19.4 Å². The number of aliphatic carboxylic acids is 2. The highest BCUT2D eigenvalue weighted by Crippen LogP contribution is 2.12. The lowest BCUT2D eigenvalue weighted by molar-refractivity contribution is -0.136. The number of carboxylic acid groups (broad SMARTS) is 2. The Bertz CT molecular complexity index is 831. The van der Waals surface area contributed by atoms with E-state index in [9.17, 15) is 14.4 Å². The summed E-state index contributed by atoms with van der Waals surface area (Å²) in [4.78, 5) is 33.6. The van der Waals surface area contributed by atoms with Crippen molar-refractivity contribution in [3.63, 3.8) is 0 Å². The minimum Gasteiger partial charge on any atom is -0.489 e. The van der Waals surface area contributed by atoms with Crippen LogP contribution in [0.2, 0.25) is 0 Å². The Kier molecular flexibility index (Phi) is 7.07. The van der Waals surface area contributed by atoms with E-state index in [2.05, 4.69) is 10.5 Å². The number of rotatable bonds is 9. The van der Waals surface area contributed by atoms with Gasteiger partial charge in [0.2, 0.25) is 0 Å². The van der Waals surface area contributed by atoms with Gasteiger partial charge in [-0.15, -0.1) is 0 Å². The van der Waals surface area contributed by atoms with Crippen LogP contribution in [0.25, 0.3) is 0 Å². The van der Waals surface area contributed by atoms with E-state index in [1.165, 1.54) is 0 Å². The lowest BCUT2D eigenvalue weighted by Gasteiger charge is -2.07. The minimum atomic E-state index is -1.38. The van der Waals surface area contributed by atoms with Crippen LogP contribution >= 0.6 is 0 Å². The molecule has 0 aliphatic heterocycles. The maximum Gasteiger partial charge on any atom is 0.352 e. The average molecular weight is 370 g/mol. The van der Waals surface area contributed by atoms with E-state index in [-0.39, 0.29) is 12.0 Å². The second kappa shape index (κ2) is 9.71. The smallest absolute Gasteiger partial charge is 0.352 e. The molecule has 0 aliphatic rings. The maximum absolute atomic E-state index is 12.0. The molecule has 0 unspecified atom stereocenters. The average Bonchev–Trinajstić information content (AvgIpc) is 2.67. The summed E-state index contributed by atoms with van der Waals surface area (Å²) in [6.07, 6.45) is -0.683. The van der Waals surface area contributed by atoms with E-state index >= 15 is 0 Å². The van der Waals surface area contributed by atoms with Crippen LogP contribution in [0, 0.1) is 0 Å². The first kappa shape index (κ1) is 19.6. The van der Waals surface area contributed by atoms with Gasteiger partial charge in [0.25, 0.3) is 5.91 Å². The van der Waals surface area contributed by atoms with E-state index < -0.39 is 30.0 Å². The van der Waals surface area contributed by atoms with Crippen LogP contribution in [0.3, 0.4) is 0 Å². The van der Waals surface area contributed by atoms with Crippen molar-refractivity contribution in [1.29, 1.82) is 0 Å². The fourth-order valence-electron chi connectivity index (χ4n) is 2.05. The number of carbonyl (C=O) groups is 3. The highest BCUT2D eigenvalue weighted by molar-refractivity contribution is 6.35. The van der Waals surface area contributed by atoms with Gasteiger partial charge in [-0.05, 0) is 29.8 Å². The molecule has 0 atom stereocenters. The van der Waals surface area contributed by atoms with Gasteiger partial charge in [0.1, 0.15) is 18.1 Å². The van der Waals surface area contributed by atoms with Gasteiger partial charge < -0.3 is 14.9 Å². The van der Waals surface area contributed by atoms with Crippen LogP contribution < -0.4 is 10.2 Å². The zero-order chi connectivity index (χ0) is 19.6. The summed E-state index contributed by atoms with van der Waals surface area (Å²) < 4.78 is 5.61. The van der Waals surface area contributed by atoms with Crippen LogP contribution in [0.1, 0.15) is 28.8 Å². The summed E-state index contributed by atoms with van der Waals surface area (Å²) in [7, 11) is 0. The predicted octanol–water partition coefficient (Wildman–Crippen LogP) is 2.30. The van der Waals surface area contributed by atoms with Crippen LogP contribution in [0.15, 0.2) is 59.7 Å². The first-order chi connectivity index (χ1) is 13.0. The van der Waals surface area contributed by atoms with E-state index in [0.717, 1.165) is 11.3 Å². The van der Waals surface area contributed by atoms with Crippen LogP contribution in [-0.4, -0.2) is 33.8 Å². The Hall–Kier alpha value is -3.68. The largest absolute Gasteiger partial charge is 0.489 e. The Morgan fingerprint density at radius 2 is 1.59 bits per heavy atom. The topological polar surface area (TPSA) is 125 Å². The van der Waals surface area contributed by atoms with Crippen molar-refractivity contribution in [2.75, 3.05) is 0 Å². The monoisotopic (exact) mass is 370 g/mol. The number of amides is 1. The molecule has 140 valence electrons. The van der Waals surface area contributed by atoms with Crippen LogP contribution in [-0.2, 0) is 16.2 Å². The van der Waals surface area contributed by atoms with Crippen LogP contribution in [0.5, 0.6) is 5.75 Å². The Morgan fingerprint density at radius 1 is 0.926 bits per heavy atom. The number of nitrogens with zero attached hydrogens (tertiary/aromatic N) is 1. The molecule has 0 bridgehead atoms. The molecule has 0 saturated heterocycles. The number of carboxylic acids is 2. The van der Waals surface area contributed by atoms with Crippen LogP contribution in [0.4, 0.5) is 0 Å². The number of hydrogen-bond acceptors (Lipinski definition) is 5. The van der Waals surface area contributed by atoms with Gasteiger partial charge in [0, 0.05) is 12.0 Å². The standard InChI is InChI=1S/C19H18N2O6/c22-17(23)11-10-16(19(25)26)20-21-18(24)14-8-6-13(7-9-14)12-27-15-4-2-1-3-5-15/h1-9H,10-12H2,(H,21,24)(H,22,23)(H,25,26)/b20-16-. The van der Waals surface area contributed by atoms with Crippen molar-refractivity contribution in [1.82, 2.24) is 5.43 Å². The highest BCUT2D eigenvalue weighted by Gasteiger charge is 2.13. The Labute approximate surface area is 155 Å². The number of hydrazone groups is 1. The van der Waals surface area contributed by atoms with Gasteiger partial charge in [0.15, 0.2) is 0 Å². The predicted molar refractivity (Wildman–Crippen MR) is 96.6 cm³/mol. The lowest BCUT2D eigenvalue weighted by atomic mass is 10.1. The van der Waals surface area contributed by atoms with E-state index in [1.807, 2.05) is 30.3 Å². The molecule has 0 fully saturated rings. The molecule has 8 heteroatoms. The first-order valence-electron chi connectivity index (χ1n) is 8.04. The summed E-state index contributed by atoms with van der Waals surface area (Å²) in [5, 5.41) is 21.1. The SMILES string of the molecule is O=C(O)CC/C(=N/NC(=O)c1ccc(COc2ccccc2)cc1)C(=O)O. The quantitative estimate of drug-likeness (QED) is 0.459. The van der Waals surface area contributed by atoms with Crippen molar-refractivity contribution in [3.8, 4) is 5.75 Å². The lowest BCUT2D eigenvalue weighted by Crippen LogP contribution is -2.23. The molecular formula is C19H18N2O6. The molecule has 0 radical (unpaired) electrons. The normalized spacial score (nSPS) is 10.9. The van der Waals surface area contributed by atoms with Gasteiger partial charge in [-0.3, -0.25) is 9.59 Å². The molecular weight excluding hydrogens is 352 g/mol. The molecule has 27 heavy (non-hydrogen) atoms. The van der Waals surface area contributed by atoms with E-state index in [1.54, 1.807) is 24.3 Å². The molecule has 0 aliphatic carbocycles. The zero-order valence-corrected chi connectivity index (χ0v) is 14.3. The number of carbonyl (C=O) groups excluding carboxylic acids is 1. The maximum atomic E-state index is 12.0. The number of para-hydroxylation sites is 1. The molecule has 2 aromatic rings. The summed E-state index contributed by atoms with van der Waals surface area (Å²) in [5.74, 6) is -2.40. The third-order valence-electron chi connectivity index (χ3n) is 3.48. The number of benzene rings is 2. The molecule has 0 spiro atoms. The molecule has 2 rings (SSSR count). The molecule has 2 aromatic carbocycles. The van der Waals surface area contributed by atoms with Crippen molar-refractivity contribution in [2.24, 2.45) is 5.10 Å². The first-order valence-corrected chi connectivity index (χ1v) is 8.04. The summed E-state index contributed by atoms with van der Waals surface area (Å²) in [6.45, 7) is 0.336. The molecule has 1 amide bonds. The van der Waals surface area contributed by atoms with E-state index in [0.29, 0.717) is 6.61 Å². The van der Waals surface area contributed by atoms with Crippen molar-refractivity contribution >= 4 is 23.6 Å².